The van der Waals surface area contributed by atoms with Gasteiger partial charge in [-0.05, 0) is 18.1 Å². The molecule has 0 aliphatic carbocycles. The van der Waals surface area contributed by atoms with Crippen LogP contribution in [0.3, 0.4) is 0 Å². The molecule has 122 valence electrons. The maximum Gasteiger partial charge on any atom is 0.326 e. The van der Waals surface area contributed by atoms with E-state index in [2.05, 4.69) is 0 Å². The van der Waals surface area contributed by atoms with E-state index in [4.69, 9.17) is 4.74 Å². The van der Waals surface area contributed by atoms with Crippen molar-refractivity contribution >= 4 is 5.97 Å². The van der Waals surface area contributed by atoms with Crippen molar-refractivity contribution in [2.24, 2.45) is 0 Å². The molecule has 0 aromatic heterocycles. The average Bonchev–Trinajstić information content (AvgIpc) is 2.56. The molecule has 2 aromatic rings. The number of carboxylic acids is 1. The van der Waals surface area contributed by atoms with Crippen molar-refractivity contribution in [3.63, 3.8) is 0 Å². The van der Waals surface area contributed by atoms with Gasteiger partial charge in [-0.15, -0.1) is 0 Å². The lowest BCUT2D eigenvalue weighted by molar-refractivity contribution is -0.155. The summed E-state index contributed by atoms with van der Waals surface area (Å²) in [6.45, 7) is 2.93. The summed E-state index contributed by atoms with van der Waals surface area (Å²) in [6, 6.07) is 19.8. The van der Waals surface area contributed by atoms with Gasteiger partial charge in [-0.2, -0.15) is 0 Å². The highest BCUT2D eigenvalue weighted by molar-refractivity contribution is 5.78. The van der Waals surface area contributed by atoms with E-state index in [-0.39, 0.29) is 6.61 Å². The van der Waals surface area contributed by atoms with Gasteiger partial charge in [-0.3, -0.25) is 9.69 Å². The van der Waals surface area contributed by atoms with E-state index < -0.39 is 11.5 Å². The van der Waals surface area contributed by atoms with Gasteiger partial charge < -0.3 is 9.84 Å². The molecule has 1 N–H and O–H groups in total. The van der Waals surface area contributed by atoms with E-state index in [1.165, 1.54) is 7.11 Å². The molecule has 1 unspecified atom stereocenters. The Morgan fingerprint density at radius 1 is 1.00 bits per heavy atom. The largest absolute Gasteiger partial charge is 0.480 e. The smallest absolute Gasteiger partial charge is 0.326 e. The van der Waals surface area contributed by atoms with Crippen LogP contribution in [0.5, 0.6) is 0 Å². The molecular formula is C19H23NO3. The highest BCUT2D eigenvalue weighted by atomic mass is 16.5. The van der Waals surface area contributed by atoms with Crippen molar-refractivity contribution < 1.29 is 14.6 Å². The maximum atomic E-state index is 11.9. The summed E-state index contributed by atoms with van der Waals surface area (Å²) < 4.78 is 5.20. The molecule has 0 bridgehead atoms. The number of carboxylic acid groups (broad SMARTS) is 1. The molecule has 0 radical (unpaired) electrons. The molecule has 0 aliphatic heterocycles. The minimum absolute atomic E-state index is 0.127. The van der Waals surface area contributed by atoms with Crippen LogP contribution < -0.4 is 0 Å². The second-order valence-electron chi connectivity index (χ2n) is 5.84. The first-order valence-corrected chi connectivity index (χ1v) is 7.61. The van der Waals surface area contributed by atoms with E-state index in [0.717, 1.165) is 11.1 Å². The molecule has 0 fully saturated rings. The summed E-state index contributed by atoms with van der Waals surface area (Å²) in [6.07, 6.45) is 0. The van der Waals surface area contributed by atoms with Crippen LogP contribution in [0, 0.1) is 0 Å². The van der Waals surface area contributed by atoms with Crippen molar-refractivity contribution in [2.45, 2.75) is 25.6 Å². The minimum Gasteiger partial charge on any atom is -0.480 e. The highest BCUT2D eigenvalue weighted by Crippen LogP contribution is 2.22. The molecule has 0 saturated carbocycles. The number of rotatable bonds is 8. The Hall–Kier alpha value is -2.17. The van der Waals surface area contributed by atoms with Gasteiger partial charge in [0.25, 0.3) is 0 Å². The molecule has 0 saturated heterocycles. The summed E-state index contributed by atoms with van der Waals surface area (Å²) in [4.78, 5) is 13.9. The predicted octanol–water partition coefficient (Wildman–Crippen LogP) is 3.18. The number of benzene rings is 2. The molecule has 4 heteroatoms. The van der Waals surface area contributed by atoms with Crippen LogP contribution in [0.4, 0.5) is 0 Å². The van der Waals surface area contributed by atoms with Crippen molar-refractivity contribution in [2.75, 3.05) is 13.7 Å². The normalized spacial score (nSPS) is 13.7. The van der Waals surface area contributed by atoms with Gasteiger partial charge in [0.1, 0.15) is 5.54 Å². The van der Waals surface area contributed by atoms with E-state index in [9.17, 15) is 9.90 Å². The zero-order valence-electron chi connectivity index (χ0n) is 13.6. The van der Waals surface area contributed by atoms with Gasteiger partial charge >= 0.3 is 5.97 Å². The number of aliphatic carboxylic acids is 1. The molecule has 1 atom stereocenters. The van der Waals surface area contributed by atoms with Crippen molar-refractivity contribution in [1.29, 1.82) is 0 Å². The first kappa shape index (κ1) is 17.2. The SMILES string of the molecule is COCC(C)(C(=O)O)N(Cc1ccccc1)Cc1ccccc1. The van der Waals surface area contributed by atoms with Gasteiger partial charge in [0.15, 0.2) is 0 Å². The van der Waals surface area contributed by atoms with E-state index >= 15 is 0 Å². The molecule has 0 amide bonds. The van der Waals surface area contributed by atoms with Crippen molar-refractivity contribution in [1.82, 2.24) is 4.90 Å². The number of ether oxygens (including phenoxy) is 1. The van der Waals surface area contributed by atoms with Crippen LogP contribution in [0.1, 0.15) is 18.1 Å². The fourth-order valence-corrected chi connectivity index (χ4v) is 2.58. The van der Waals surface area contributed by atoms with Gasteiger partial charge in [-0.25, -0.2) is 0 Å². The number of nitrogens with zero attached hydrogens (tertiary/aromatic N) is 1. The van der Waals surface area contributed by atoms with Gasteiger partial charge in [0.2, 0.25) is 0 Å². The van der Waals surface area contributed by atoms with Crippen molar-refractivity contribution in [3.8, 4) is 0 Å². The van der Waals surface area contributed by atoms with Crippen LogP contribution in [-0.4, -0.2) is 35.2 Å². The molecular weight excluding hydrogens is 290 g/mol. The molecule has 0 aliphatic rings. The Kier molecular flexibility index (Phi) is 5.90. The van der Waals surface area contributed by atoms with Gasteiger partial charge in [0.05, 0.1) is 6.61 Å². The van der Waals surface area contributed by atoms with Gasteiger partial charge in [0, 0.05) is 20.2 Å². The third-order valence-corrected chi connectivity index (χ3v) is 4.02. The fraction of sp³-hybridized carbons (Fsp3) is 0.316. The Balaban J connectivity index is 2.31. The van der Waals surface area contributed by atoms with Gasteiger partial charge in [-0.1, -0.05) is 60.7 Å². The Bertz CT molecular complexity index is 574. The third kappa shape index (κ3) is 4.41. The topological polar surface area (TPSA) is 49.8 Å². The molecule has 2 aromatic carbocycles. The Morgan fingerprint density at radius 3 is 1.78 bits per heavy atom. The average molecular weight is 313 g/mol. The summed E-state index contributed by atoms with van der Waals surface area (Å²) >= 11 is 0. The second-order valence-corrected chi connectivity index (χ2v) is 5.84. The molecule has 4 nitrogen and oxygen atoms in total. The maximum absolute atomic E-state index is 11.9. The van der Waals surface area contributed by atoms with E-state index in [1.807, 2.05) is 65.6 Å². The lowest BCUT2D eigenvalue weighted by atomic mass is 9.98. The number of hydrogen-bond acceptors (Lipinski definition) is 3. The molecule has 0 heterocycles. The molecule has 23 heavy (non-hydrogen) atoms. The predicted molar refractivity (Wildman–Crippen MR) is 90.0 cm³/mol. The van der Waals surface area contributed by atoms with Crippen LogP contribution in [0.2, 0.25) is 0 Å². The fourth-order valence-electron chi connectivity index (χ4n) is 2.58. The Morgan fingerprint density at radius 2 is 1.43 bits per heavy atom. The van der Waals surface area contributed by atoms with Crippen LogP contribution in [-0.2, 0) is 22.6 Å². The standard InChI is InChI=1S/C19H23NO3/c1-19(15-23-2,18(21)22)20(13-16-9-5-3-6-10-16)14-17-11-7-4-8-12-17/h3-12H,13-15H2,1-2H3,(H,21,22). The molecule has 2 rings (SSSR count). The van der Waals surface area contributed by atoms with Crippen LogP contribution in [0.25, 0.3) is 0 Å². The minimum atomic E-state index is -1.10. The summed E-state index contributed by atoms with van der Waals surface area (Å²) in [5, 5.41) is 9.77. The zero-order chi connectivity index (χ0) is 16.7. The lowest BCUT2D eigenvalue weighted by Gasteiger charge is -2.37. The Labute approximate surface area is 137 Å². The highest BCUT2D eigenvalue weighted by Gasteiger charge is 2.39. The van der Waals surface area contributed by atoms with Crippen molar-refractivity contribution in [3.05, 3.63) is 71.8 Å². The number of carbonyl (C=O) groups is 1. The first-order valence-electron chi connectivity index (χ1n) is 7.61. The number of methoxy groups -OCH3 is 1. The summed E-state index contributed by atoms with van der Waals surface area (Å²) in [5.41, 5.74) is 1.06. The lowest BCUT2D eigenvalue weighted by Crippen LogP contribution is -2.54. The molecule has 0 spiro atoms. The summed E-state index contributed by atoms with van der Waals surface area (Å²) in [7, 11) is 1.53. The summed E-state index contributed by atoms with van der Waals surface area (Å²) in [5.74, 6) is -0.883. The zero-order valence-corrected chi connectivity index (χ0v) is 13.6. The van der Waals surface area contributed by atoms with E-state index in [0.29, 0.717) is 13.1 Å². The quantitative estimate of drug-likeness (QED) is 0.813. The van der Waals surface area contributed by atoms with Crippen LogP contribution in [0.15, 0.2) is 60.7 Å². The van der Waals surface area contributed by atoms with E-state index in [1.54, 1.807) is 6.92 Å². The monoisotopic (exact) mass is 313 g/mol. The third-order valence-electron chi connectivity index (χ3n) is 4.02. The van der Waals surface area contributed by atoms with Crippen LogP contribution >= 0.6 is 0 Å². The first-order chi connectivity index (χ1) is 11.1. The number of hydrogen-bond donors (Lipinski definition) is 1. The second kappa shape index (κ2) is 7.90.